The average molecular weight is 340 g/mol. The SMILES string of the molecule is CCNC(C)c1ccc(OCC2CCCCC2)cc1Br. The molecule has 0 spiro atoms. The molecule has 0 saturated heterocycles. The van der Waals surface area contributed by atoms with Crippen molar-refractivity contribution in [1.82, 2.24) is 5.32 Å². The van der Waals surface area contributed by atoms with Gasteiger partial charge in [0.1, 0.15) is 5.75 Å². The smallest absolute Gasteiger partial charge is 0.120 e. The van der Waals surface area contributed by atoms with Crippen LogP contribution in [0, 0.1) is 5.92 Å². The number of hydrogen-bond acceptors (Lipinski definition) is 2. The van der Waals surface area contributed by atoms with Crippen molar-refractivity contribution in [2.45, 2.75) is 52.0 Å². The van der Waals surface area contributed by atoms with Gasteiger partial charge in [-0.25, -0.2) is 0 Å². The van der Waals surface area contributed by atoms with E-state index in [1.165, 1.54) is 37.7 Å². The molecule has 1 saturated carbocycles. The molecule has 0 radical (unpaired) electrons. The molecule has 2 nitrogen and oxygen atoms in total. The minimum Gasteiger partial charge on any atom is -0.493 e. The summed E-state index contributed by atoms with van der Waals surface area (Å²) in [5.74, 6) is 1.73. The van der Waals surface area contributed by atoms with Crippen molar-refractivity contribution in [2.24, 2.45) is 5.92 Å². The van der Waals surface area contributed by atoms with Gasteiger partial charge in [-0.3, -0.25) is 0 Å². The van der Waals surface area contributed by atoms with Gasteiger partial charge in [0.05, 0.1) is 6.61 Å². The van der Waals surface area contributed by atoms with Crippen molar-refractivity contribution in [3.05, 3.63) is 28.2 Å². The van der Waals surface area contributed by atoms with Crippen molar-refractivity contribution in [3.8, 4) is 5.75 Å². The Labute approximate surface area is 131 Å². The van der Waals surface area contributed by atoms with Crippen LogP contribution in [0.15, 0.2) is 22.7 Å². The lowest BCUT2D eigenvalue weighted by molar-refractivity contribution is 0.208. The Balaban J connectivity index is 1.91. The molecule has 2 rings (SSSR count). The summed E-state index contributed by atoms with van der Waals surface area (Å²) >= 11 is 3.66. The molecule has 1 aromatic carbocycles. The zero-order valence-corrected chi connectivity index (χ0v) is 14.2. The summed E-state index contributed by atoms with van der Waals surface area (Å²) in [4.78, 5) is 0. The van der Waals surface area contributed by atoms with Crippen LogP contribution in [0.2, 0.25) is 0 Å². The summed E-state index contributed by atoms with van der Waals surface area (Å²) in [6.45, 7) is 6.17. The van der Waals surface area contributed by atoms with Gasteiger partial charge >= 0.3 is 0 Å². The average Bonchev–Trinajstić information content (AvgIpc) is 2.46. The first-order valence-corrected chi connectivity index (χ1v) is 8.65. The maximum Gasteiger partial charge on any atom is 0.120 e. The van der Waals surface area contributed by atoms with Crippen molar-refractivity contribution in [3.63, 3.8) is 0 Å². The summed E-state index contributed by atoms with van der Waals surface area (Å²) < 4.78 is 7.10. The number of nitrogens with one attached hydrogen (secondary N) is 1. The predicted molar refractivity (Wildman–Crippen MR) is 88.3 cm³/mol. The van der Waals surface area contributed by atoms with Crippen LogP contribution < -0.4 is 10.1 Å². The van der Waals surface area contributed by atoms with E-state index in [2.05, 4.69) is 53.3 Å². The Bertz CT molecular complexity index is 415. The molecule has 0 aliphatic heterocycles. The van der Waals surface area contributed by atoms with Crippen LogP contribution in [0.1, 0.15) is 57.6 Å². The normalized spacial score (nSPS) is 17.9. The van der Waals surface area contributed by atoms with Gasteiger partial charge in [-0.2, -0.15) is 0 Å². The first-order chi connectivity index (χ1) is 9.70. The summed E-state index contributed by atoms with van der Waals surface area (Å²) in [6, 6.07) is 6.72. The summed E-state index contributed by atoms with van der Waals surface area (Å²) in [5, 5.41) is 3.43. The van der Waals surface area contributed by atoms with E-state index >= 15 is 0 Å². The molecule has 0 heterocycles. The van der Waals surface area contributed by atoms with E-state index in [1.54, 1.807) is 0 Å². The van der Waals surface area contributed by atoms with E-state index in [0.717, 1.165) is 29.3 Å². The van der Waals surface area contributed by atoms with Crippen molar-refractivity contribution >= 4 is 15.9 Å². The minimum atomic E-state index is 0.363. The molecule has 1 aliphatic rings. The molecular weight excluding hydrogens is 314 g/mol. The first-order valence-electron chi connectivity index (χ1n) is 7.86. The molecule has 1 fully saturated rings. The van der Waals surface area contributed by atoms with E-state index < -0.39 is 0 Å². The molecule has 0 aromatic heterocycles. The fraction of sp³-hybridized carbons (Fsp3) is 0.647. The van der Waals surface area contributed by atoms with Crippen LogP contribution in [0.5, 0.6) is 5.75 Å². The molecule has 1 N–H and O–H groups in total. The zero-order chi connectivity index (χ0) is 14.4. The van der Waals surface area contributed by atoms with Crippen LogP contribution in [-0.2, 0) is 0 Å². The van der Waals surface area contributed by atoms with Crippen LogP contribution >= 0.6 is 15.9 Å². The highest BCUT2D eigenvalue weighted by molar-refractivity contribution is 9.10. The van der Waals surface area contributed by atoms with Gasteiger partial charge in [-0.15, -0.1) is 0 Å². The van der Waals surface area contributed by atoms with E-state index in [0.29, 0.717) is 6.04 Å². The summed E-state index contributed by atoms with van der Waals surface area (Å²) in [5.41, 5.74) is 1.29. The standard InChI is InChI=1S/C17H26BrNO/c1-3-19-13(2)16-10-9-15(11-17(16)18)20-12-14-7-5-4-6-8-14/h9-11,13-14,19H,3-8,12H2,1-2H3. The maximum absolute atomic E-state index is 5.97. The Hall–Kier alpha value is -0.540. The van der Waals surface area contributed by atoms with Gasteiger partial charge in [0, 0.05) is 10.5 Å². The summed E-state index contributed by atoms with van der Waals surface area (Å²) in [7, 11) is 0. The number of benzene rings is 1. The van der Waals surface area contributed by atoms with E-state index in [1.807, 2.05) is 0 Å². The predicted octanol–water partition coefficient (Wildman–Crippen LogP) is 5.08. The van der Waals surface area contributed by atoms with Gasteiger partial charge < -0.3 is 10.1 Å². The van der Waals surface area contributed by atoms with Gasteiger partial charge in [0.25, 0.3) is 0 Å². The molecule has 20 heavy (non-hydrogen) atoms. The minimum absolute atomic E-state index is 0.363. The second-order valence-corrected chi connectivity index (χ2v) is 6.63. The zero-order valence-electron chi connectivity index (χ0n) is 12.6. The molecule has 1 atom stereocenters. The van der Waals surface area contributed by atoms with E-state index in [4.69, 9.17) is 4.74 Å². The molecule has 3 heteroatoms. The number of hydrogen-bond donors (Lipinski definition) is 1. The molecule has 1 aliphatic carbocycles. The third-order valence-corrected chi connectivity index (χ3v) is 4.85. The lowest BCUT2D eigenvalue weighted by Gasteiger charge is -2.22. The molecular formula is C17H26BrNO. The largest absolute Gasteiger partial charge is 0.493 e. The fourth-order valence-electron chi connectivity index (χ4n) is 2.93. The van der Waals surface area contributed by atoms with Crippen molar-refractivity contribution in [1.29, 1.82) is 0 Å². The highest BCUT2D eigenvalue weighted by Gasteiger charge is 2.14. The third kappa shape index (κ3) is 4.49. The number of rotatable bonds is 6. The molecule has 0 bridgehead atoms. The second kappa shape index (κ2) is 8.04. The van der Waals surface area contributed by atoms with E-state index in [9.17, 15) is 0 Å². The van der Waals surface area contributed by atoms with Gasteiger partial charge in [0.15, 0.2) is 0 Å². The molecule has 112 valence electrons. The third-order valence-electron chi connectivity index (χ3n) is 4.16. The Morgan fingerprint density at radius 1 is 1.30 bits per heavy atom. The van der Waals surface area contributed by atoms with Crippen LogP contribution in [-0.4, -0.2) is 13.2 Å². The molecule has 1 unspecified atom stereocenters. The van der Waals surface area contributed by atoms with Crippen molar-refractivity contribution in [2.75, 3.05) is 13.2 Å². The monoisotopic (exact) mass is 339 g/mol. The summed E-state index contributed by atoms with van der Waals surface area (Å²) in [6.07, 6.45) is 6.81. The highest BCUT2D eigenvalue weighted by Crippen LogP contribution is 2.29. The lowest BCUT2D eigenvalue weighted by Crippen LogP contribution is -2.18. The Morgan fingerprint density at radius 2 is 2.05 bits per heavy atom. The Morgan fingerprint density at radius 3 is 2.70 bits per heavy atom. The van der Waals surface area contributed by atoms with Crippen LogP contribution in [0.3, 0.4) is 0 Å². The lowest BCUT2D eigenvalue weighted by atomic mass is 9.90. The number of halogens is 1. The highest BCUT2D eigenvalue weighted by atomic mass is 79.9. The fourth-order valence-corrected chi connectivity index (χ4v) is 3.63. The first kappa shape index (κ1) is 15.8. The van der Waals surface area contributed by atoms with Gasteiger partial charge in [-0.1, -0.05) is 48.2 Å². The topological polar surface area (TPSA) is 21.3 Å². The van der Waals surface area contributed by atoms with Gasteiger partial charge in [-0.05, 0) is 49.9 Å². The molecule has 0 amide bonds. The molecule has 1 aromatic rings. The second-order valence-electron chi connectivity index (χ2n) is 5.78. The van der Waals surface area contributed by atoms with E-state index in [-0.39, 0.29) is 0 Å². The maximum atomic E-state index is 5.97. The van der Waals surface area contributed by atoms with Gasteiger partial charge in [0.2, 0.25) is 0 Å². The van der Waals surface area contributed by atoms with Crippen molar-refractivity contribution < 1.29 is 4.74 Å². The quantitative estimate of drug-likeness (QED) is 0.780. The Kier molecular flexibility index (Phi) is 6.37. The number of ether oxygens (including phenoxy) is 1. The van der Waals surface area contributed by atoms with Crippen LogP contribution in [0.4, 0.5) is 0 Å². The van der Waals surface area contributed by atoms with Crippen LogP contribution in [0.25, 0.3) is 0 Å².